The molecule has 0 spiro atoms. The Morgan fingerprint density at radius 1 is 1.11 bits per heavy atom. The molecule has 1 aliphatic rings. The summed E-state index contributed by atoms with van der Waals surface area (Å²) in [5.74, 6) is 2.22. The fourth-order valence-corrected chi connectivity index (χ4v) is 2.72. The van der Waals surface area contributed by atoms with Crippen molar-refractivity contribution in [1.29, 1.82) is 0 Å². The lowest BCUT2D eigenvalue weighted by Gasteiger charge is -2.00. The second kappa shape index (κ2) is 3.75. The maximum Gasteiger partial charge on any atom is 0.471 e. The Bertz CT molecular complexity index is 759. The van der Waals surface area contributed by atoms with Gasteiger partial charge in [-0.1, -0.05) is 30.3 Å². The van der Waals surface area contributed by atoms with E-state index in [0.717, 1.165) is 18.1 Å². The minimum absolute atomic E-state index is 0.823. The van der Waals surface area contributed by atoms with Crippen molar-refractivity contribution in [1.82, 2.24) is 9.55 Å². The van der Waals surface area contributed by atoms with E-state index >= 15 is 0 Å². The fourth-order valence-electron chi connectivity index (χ4n) is 2.72. The first-order valence-electron chi connectivity index (χ1n) is 6.34. The molecule has 0 saturated heterocycles. The van der Waals surface area contributed by atoms with Crippen molar-refractivity contribution in [2.45, 2.75) is 6.67 Å². The third-order valence-corrected chi connectivity index (χ3v) is 3.59. The Hall–Kier alpha value is -2.49. The van der Waals surface area contributed by atoms with E-state index in [1.807, 2.05) is 24.4 Å². The van der Waals surface area contributed by atoms with E-state index in [1.54, 1.807) is 0 Å². The summed E-state index contributed by atoms with van der Waals surface area (Å²) in [6, 6.07) is 12.4. The molecule has 3 aromatic rings. The predicted molar refractivity (Wildman–Crippen MR) is 69.9 cm³/mol. The smallest absolute Gasteiger partial charge is 0.255 e. The molecule has 0 radical (unpaired) electrons. The van der Waals surface area contributed by atoms with Crippen LogP contribution in [-0.4, -0.2) is 9.55 Å². The van der Waals surface area contributed by atoms with Gasteiger partial charge in [0, 0.05) is 5.56 Å². The molecule has 0 atom stereocenters. The second-order valence-corrected chi connectivity index (χ2v) is 4.80. The predicted octanol–water partition coefficient (Wildman–Crippen LogP) is 1.15. The SMILES string of the molecule is C[n+]1ccc[n+]2c1-c1cnc(-c3ccccc3)n1C2. The first kappa shape index (κ1) is 10.4. The molecule has 4 heteroatoms. The number of imidazole rings is 1. The first-order chi connectivity index (χ1) is 9.34. The van der Waals surface area contributed by atoms with Crippen LogP contribution in [0, 0.1) is 0 Å². The van der Waals surface area contributed by atoms with Gasteiger partial charge in [0.05, 0.1) is 12.3 Å². The molecule has 3 heterocycles. The molecule has 1 aliphatic heterocycles. The van der Waals surface area contributed by atoms with Crippen molar-refractivity contribution < 1.29 is 9.13 Å². The molecule has 0 amide bonds. The summed E-state index contributed by atoms with van der Waals surface area (Å²) in [5.41, 5.74) is 2.33. The standard InChI is InChI=1S/C15H14N4/c1-17-8-5-9-18-11-19-13(15(17)18)10-16-14(19)12-6-3-2-4-7-12/h2-10H,11H2,1H3/q+2. The summed E-state index contributed by atoms with van der Waals surface area (Å²) < 4.78 is 6.63. The van der Waals surface area contributed by atoms with Crippen molar-refractivity contribution in [3.63, 3.8) is 0 Å². The third kappa shape index (κ3) is 1.43. The number of aryl methyl sites for hydroxylation is 1. The zero-order valence-corrected chi connectivity index (χ0v) is 10.7. The molecule has 2 aromatic heterocycles. The Labute approximate surface area is 111 Å². The zero-order chi connectivity index (χ0) is 12.8. The van der Waals surface area contributed by atoms with Crippen molar-refractivity contribution in [3.8, 4) is 22.9 Å². The molecule has 0 unspecified atom stereocenters. The second-order valence-electron chi connectivity index (χ2n) is 4.80. The summed E-state index contributed by atoms with van der Waals surface area (Å²) in [5, 5.41) is 0. The summed E-state index contributed by atoms with van der Waals surface area (Å²) in [6.07, 6.45) is 6.13. The summed E-state index contributed by atoms with van der Waals surface area (Å²) in [4.78, 5) is 4.58. The molecule has 4 nitrogen and oxygen atoms in total. The van der Waals surface area contributed by atoms with E-state index in [0.29, 0.717) is 0 Å². The number of rotatable bonds is 1. The largest absolute Gasteiger partial charge is 0.471 e. The van der Waals surface area contributed by atoms with Crippen LogP contribution in [-0.2, 0) is 13.7 Å². The maximum atomic E-state index is 4.58. The highest BCUT2D eigenvalue weighted by Gasteiger charge is 2.36. The Morgan fingerprint density at radius 3 is 2.79 bits per heavy atom. The first-order valence-corrected chi connectivity index (χ1v) is 6.34. The highest BCUT2D eigenvalue weighted by Crippen LogP contribution is 2.25. The van der Waals surface area contributed by atoms with E-state index < -0.39 is 0 Å². The lowest BCUT2D eigenvalue weighted by molar-refractivity contribution is -0.792. The minimum Gasteiger partial charge on any atom is -0.255 e. The molecular formula is C15H14N4+2. The van der Waals surface area contributed by atoms with Gasteiger partial charge in [0.25, 0.3) is 0 Å². The highest BCUT2D eigenvalue weighted by atomic mass is 15.3. The monoisotopic (exact) mass is 250 g/mol. The molecule has 0 bridgehead atoms. The molecule has 92 valence electrons. The molecule has 0 fully saturated rings. The summed E-state index contributed by atoms with van der Waals surface area (Å²) in [7, 11) is 2.07. The normalized spacial score (nSPS) is 12.3. The molecule has 0 aliphatic carbocycles. The van der Waals surface area contributed by atoms with Gasteiger partial charge >= 0.3 is 5.82 Å². The van der Waals surface area contributed by atoms with Gasteiger partial charge in [-0.15, -0.1) is 9.13 Å². The van der Waals surface area contributed by atoms with Gasteiger partial charge < -0.3 is 0 Å². The number of aromatic nitrogens is 4. The quantitative estimate of drug-likeness (QED) is 0.465. The number of benzene rings is 1. The van der Waals surface area contributed by atoms with Crippen LogP contribution in [0.15, 0.2) is 55.0 Å². The van der Waals surface area contributed by atoms with Gasteiger partial charge in [0.15, 0.2) is 12.4 Å². The van der Waals surface area contributed by atoms with E-state index in [2.05, 4.69) is 56.3 Å². The number of hydrogen-bond donors (Lipinski definition) is 0. The van der Waals surface area contributed by atoms with Crippen LogP contribution in [0.25, 0.3) is 22.9 Å². The van der Waals surface area contributed by atoms with Gasteiger partial charge in [-0.2, -0.15) is 0 Å². The third-order valence-electron chi connectivity index (χ3n) is 3.59. The number of nitrogens with zero attached hydrogens (tertiary/aromatic N) is 4. The minimum atomic E-state index is 0.823. The molecule has 1 aromatic carbocycles. The van der Waals surface area contributed by atoms with Crippen molar-refractivity contribution in [2.24, 2.45) is 7.05 Å². The van der Waals surface area contributed by atoms with Crippen molar-refractivity contribution >= 4 is 0 Å². The fraction of sp³-hybridized carbons (Fsp3) is 0.133. The lowest BCUT2D eigenvalue weighted by Crippen LogP contribution is -2.45. The van der Waals surface area contributed by atoms with Crippen molar-refractivity contribution in [2.75, 3.05) is 0 Å². The zero-order valence-electron chi connectivity index (χ0n) is 10.7. The van der Waals surface area contributed by atoms with Gasteiger partial charge in [-0.25, -0.2) is 4.98 Å². The molecule has 0 N–H and O–H groups in total. The van der Waals surface area contributed by atoms with Crippen LogP contribution in [0.4, 0.5) is 0 Å². The van der Waals surface area contributed by atoms with E-state index in [4.69, 9.17) is 0 Å². The van der Waals surface area contributed by atoms with Crippen LogP contribution >= 0.6 is 0 Å². The van der Waals surface area contributed by atoms with Crippen LogP contribution in [0.5, 0.6) is 0 Å². The maximum absolute atomic E-state index is 4.58. The van der Waals surface area contributed by atoms with Crippen molar-refractivity contribution in [3.05, 3.63) is 55.0 Å². The van der Waals surface area contributed by atoms with Gasteiger partial charge in [0.1, 0.15) is 12.9 Å². The Kier molecular flexibility index (Phi) is 2.06. The van der Waals surface area contributed by atoms with E-state index in [-0.39, 0.29) is 0 Å². The summed E-state index contributed by atoms with van der Waals surface area (Å²) >= 11 is 0. The summed E-state index contributed by atoms with van der Waals surface area (Å²) in [6.45, 7) is 0.823. The van der Waals surface area contributed by atoms with E-state index in [9.17, 15) is 0 Å². The van der Waals surface area contributed by atoms with Crippen LogP contribution in [0.2, 0.25) is 0 Å². The van der Waals surface area contributed by atoms with Crippen LogP contribution in [0.1, 0.15) is 0 Å². The van der Waals surface area contributed by atoms with Crippen LogP contribution in [0.3, 0.4) is 0 Å². The average molecular weight is 250 g/mol. The number of hydrogen-bond acceptors (Lipinski definition) is 1. The Morgan fingerprint density at radius 2 is 1.95 bits per heavy atom. The molecule has 4 rings (SSSR count). The van der Waals surface area contributed by atoms with Crippen LogP contribution < -0.4 is 9.13 Å². The average Bonchev–Trinajstić information content (AvgIpc) is 2.98. The molecule has 19 heavy (non-hydrogen) atoms. The van der Waals surface area contributed by atoms with E-state index in [1.165, 1.54) is 11.5 Å². The Balaban J connectivity index is 1.93. The lowest BCUT2D eigenvalue weighted by atomic mass is 10.2. The topological polar surface area (TPSA) is 25.6 Å². The molecule has 0 saturated carbocycles. The molecular weight excluding hydrogens is 236 g/mol. The van der Waals surface area contributed by atoms with Gasteiger partial charge in [-0.05, 0) is 0 Å². The highest BCUT2D eigenvalue weighted by molar-refractivity contribution is 5.60. The van der Waals surface area contributed by atoms with Gasteiger partial charge in [0.2, 0.25) is 12.4 Å². The number of fused-ring (bicyclic) bond motifs is 3. The van der Waals surface area contributed by atoms with Gasteiger partial charge in [-0.3, -0.25) is 4.57 Å².